The molecular formula is C12H11ClFNS. The Morgan fingerprint density at radius 1 is 1.31 bits per heavy atom. The summed E-state index contributed by atoms with van der Waals surface area (Å²) in [6.07, 6.45) is 0. The van der Waals surface area contributed by atoms with Crippen LogP contribution in [0.1, 0.15) is 22.0 Å². The summed E-state index contributed by atoms with van der Waals surface area (Å²) in [5.74, 6) is -0.226. The van der Waals surface area contributed by atoms with Gasteiger partial charge in [-0.2, -0.15) is 0 Å². The van der Waals surface area contributed by atoms with E-state index in [9.17, 15) is 4.39 Å². The first-order valence-electron chi connectivity index (χ1n) is 4.85. The summed E-state index contributed by atoms with van der Waals surface area (Å²) >= 11 is 7.26. The Balaban J connectivity index is 2.33. The minimum absolute atomic E-state index is 0.226. The number of thiophene rings is 1. The Morgan fingerprint density at radius 3 is 2.62 bits per heavy atom. The first-order valence-corrected chi connectivity index (χ1v) is 6.04. The van der Waals surface area contributed by atoms with Crippen molar-refractivity contribution >= 4 is 22.9 Å². The third-order valence-electron chi connectivity index (χ3n) is 2.46. The standard InChI is InChI=1S/C12H11ClFNS/c1-7-2-3-8(6-9(7)14)12(15)10-4-5-11(13)16-10/h2-6,12H,15H2,1H3. The molecule has 0 radical (unpaired) electrons. The quantitative estimate of drug-likeness (QED) is 0.866. The molecule has 4 heteroatoms. The van der Waals surface area contributed by atoms with Gasteiger partial charge in [0.05, 0.1) is 10.4 Å². The summed E-state index contributed by atoms with van der Waals surface area (Å²) in [5, 5.41) is 0. The minimum atomic E-state index is -0.312. The maximum absolute atomic E-state index is 13.4. The van der Waals surface area contributed by atoms with Gasteiger partial charge in [-0.3, -0.25) is 0 Å². The van der Waals surface area contributed by atoms with Crippen LogP contribution in [0.4, 0.5) is 4.39 Å². The topological polar surface area (TPSA) is 26.0 Å². The predicted octanol–water partition coefficient (Wildman–Crippen LogP) is 3.90. The predicted molar refractivity (Wildman–Crippen MR) is 66.5 cm³/mol. The van der Waals surface area contributed by atoms with Crippen LogP contribution < -0.4 is 5.73 Å². The molecule has 0 saturated heterocycles. The van der Waals surface area contributed by atoms with Crippen molar-refractivity contribution < 1.29 is 4.39 Å². The number of hydrogen-bond acceptors (Lipinski definition) is 2. The number of halogens is 2. The summed E-state index contributed by atoms with van der Waals surface area (Å²) in [6.45, 7) is 1.73. The molecule has 84 valence electrons. The lowest BCUT2D eigenvalue weighted by Crippen LogP contribution is -2.10. The van der Waals surface area contributed by atoms with E-state index in [2.05, 4.69) is 0 Å². The lowest BCUT2D eigenvalue weighted by molar-refractivity contribution is 0.614. The van der Waals surface area contributed by atoms with Crippen LogP contribution in [0.5, 0.6) is 0 Å². The average Bonchev–Trinajstić information content (AvgIpc) is 2.68. The fraction of sp³-hybridized carbons (Fsp3) is 0.167. The van der Waals surface area contributed by atoms with Gasteiger partial charge in [0.2, 0.25) is 0 Å². The van der Waals surface area contributed by atoms with Crippen molar-refractivity contribution in [1.29, 1.82) is 0 Å². The van der Waals surface area contributed by atoms with E-state index < -0.39 is 0 Å². The molecule has 1 heterocycles. The molecule has 1 aromatic heterocycles. The van der Waals surface area contributed by atoms with Gasteiger partial charge >= 0.3 is 0 Å². The lowest BCUT2D eigenvalue weighted by Gasteiger charge is -2.10. The second kappa shape index (κ2) is 4.53. The van der Waals surface area contributed by atoms with Crippen molar-refractivity contribution in [2.75, 3.05) is 0 Å². The fourth-order valence-electron chi connectivity index (χ4n) is 1.46. The Kier molecular flexibility index (Phi) is 3.28. The van der Waals surface area contributed by atoms with Gasteiger partial charge in [0.15, 0.2) is 0 Å². The second-order valence-corrected chi connectivity index (χ2v) is 5.37. The molecule has 0 saturated carbocycles. The number of rotatable bonds is 2. The van der Waals surface area contributed by atoms with Gasteiger partial charge in [0.25, 0.3) is 0 Å². The Bertz CT molecular complexity index is 509. The molecule has 1 nitrogen and oxygen atoms in total. The van der Waals surface area contributed by atoms with Crippen molar-refractivity contribution in [3.8, 4) is 0 Å². The zero-order valence-electron chi connectivity index (χ0n) is 8.71. The summed E-state index contributed by atoms with van der Waals surface area (Å²) in [7, 11) is 0. The van der Waals surface area contributed by atoms with Crippen molar-refractivity contribution in [3.05, 3.63) is 56.5 Å². The van der Waals surface area contributed by atoms with E-state index in [4.69, 9.17) is 17.3 Å². The van der Waals surface area contributed by atoms with Gasteiger partial charge in [-0.15, -0.1) is 11.3 Å². The van der Waals surface area contributed by atoms with Crippen LogP contribution in [0.25, 0.3) is 0 Å². The van der Waals surface area contributed by atoms with Crippen molar-refractivity contribution in [1.82, 2.24) is 0 Å². The SMILES string of the molecule is Cc1ccc(C(N)c2ccc(Cl)s2)cc1F. The van der Waals surface area contributed by atoms with Crippen LogP contribution in [-0.4, -0.2) is 0 Å². The highest BCUT2D eigenvalue weighted by Gasteiger charge is 2.12. The van der Waals surface area contributed by atoms with Crippen LogP contribution >= 0.6 is 22.9 Å². The highest BCUT2D eigenvalue weighted by molar-refractivity contribution is 7.16. The summed E-state index contributed by atoms with van der Waals surface area (Å²) in [4.78, 5) is 0.938. The third kappa shape index (κ3) is 2.26. The van der Waals surface area contributed by atoms with Crippen LogP contribution in [0.2, 0.25) is 4.34 Å². The van der Waals surface area contributed by atoms with E-state index in [0.29, 0.717) is 9.90 Å². The molecule has 1 atom stereocenters. The largest absolute Gasteiger partial charge is 0.320 e. The molecule has 2 aromatic rings. The van der Waals surface area contributed by atoms with E-state index in [1.807, 2.05) is 12.1 Å². The monoisotopic (exact) mass is 255 g/mol. The smallest absolute Gasteiger partial charge is 0.126 e. The van der Waals surface area contributed by atoms with Gasteiger partial charge in [-0.05, 0) is 36.2 Å². The average molecular weight is 256 g/mol. The van der Waals surface area contributed by atoms with Gasteiger partial charge in [-0.25, -0.2) is 4.39 Å². The van der Waals surface area contributed by atoms with E-state index in [1.54, 1.807) is 19.1 Å². The number of aryl methyl sites for hydroxylation is 1. The van der Waals surface area contributed by atoms with Crippen molar-refractivity contribution in [2.24, 2.45) is 5.73 Å². The number of hydrogen-bond donors (Lipinski definition) is 1. The van der Waals surface area contributed by atoms with Crippen LogP contribution in [0.15, 0.2) is 30.3 Å². The van der Waals surface area contributed by atoms with Gasteiger partial charge in [0.1, 0.15) is 5.82 Å². The third-order valence-corrected chi connectivity index (χ3v) is 3.77. The molecule has 0 amide bonds. The molecule has 0 aliphatic heterocycles. The van der Waals surface area contributed by atoms with Gasteiger partial charge < -0.3 is 5.73 Å². The fourth-order valence-corrected chi connectivity index (χ4v) is 2.55. The molecule has 0 spiro atoms. The zero-order valence-corrected chi connectivity index (χ0v) is 10.3. The zero-order chi connectivity index (χ0) is 11.7. The van der Waals surface area contributed by atoms with Crippen LogP contribution in [-0.2, 0) is 0 Å². The van der Waals surface area contributed by atoms with Gasteiger partial charge in [-0.1, -0.05) is 23.7 Å². The highest BCUT2D eigenvalue weighted by atomic mass is 35.5. The molecule has 1 unspecified atom stereocenters. The molecule has 0 aliphatic rings. The summed E-state index contributed by atoms with van der Waals surface area (Å²) < 4.78 is 14.1. The van der Waals surface area contributed by atoms with Crippen molar-refractivity contribution in [3.63, 3.8) is 0 Å². The normalized spacial score (nSPS) is 12.8. The minimum Gasteiger partial charge on any atom is -0.320 e. The Labute approximate surface area is 103 Å². The maximum atomic E-state index is 13.4. The molecular weight excluding hydrogens is 245 g/mol. The number of benzene rings is 1. The molecule has 0 fully saturated rings. The first-order chi connectivity index (χ1) is 7.58. The van der Waals surface area contributed by atoms with Crippen LogP contribution in [0.3, 0.4) is 0 Å². The van der Waals surface area contributed by atoms with Crippen LogP contribution in [0, 0.1) is 12.7 Å². The van der Waals surface area contributed by atoms with Crippen molar-refractivity contribution in [2.45, 2.75) is 13.0 Å². The molecule has 0 bridgehead atoms. The Morgan fingerprint density at radius 2 is 2.06 bits per heavy atom. The Hall–Kier alpha value is -0.900. The molecule has 1 aromatic carbocycles. The lowest BCUT2D eigenvalue weighted by atomic mass is 10.0. The molecule has 2 N–H and O–H groups in total. The van der Waals surface area contributed by atoms with Gasteiger partial charge in [0, 0.05) is 4.88 Å². The second-order valence-electron chi connectivity index (χ2n) is 3.63. The summed E-state index contributed by atoms with van der Waals surface area (Å²) in [5.41, 5.74) is 7.42. The highest BCUT2D eigenvalue weighted by Crippen LogP contribution is 2.29. The maximum Gasteiger partial charge on any atom is 0.126 e. The first kappa shape index (κ1) is 11.6. The molecule has 16 heavy (non-hydrogen) atoms. The van der Waals surface area contributed by atoms with E-state index in [0.717, 1.165) is 10.4 Å². The molecule has 2 rings (SSSR count). The number of nitrogens with two attached hydrogens (primary N) is 1. The van der Waals surface area contributed by atoms with E-state index >= 15 is 0 Å². The summed E-state index contributed by atoms with van der Waals surface area (Å²) in [6, 6.07) is 8.42. The van der Waals surface area contributed by atoms with E-state index in [-0.39, 0.29) is 11.9 Å². The van der Waals surface area contributed by atoms with E-state index in [1.165, 1.54) is 17.4 Å². The molecule has 0 aliphatic carbocycles.